The molecule has 2 rings (SSSR count). The van der Waals surface area contributed by atoms with Gasteiger partial charge in [0.25, 0.3) is 0 Å². The van der Waals surface area contributed by atoms with Crippen molar-refractivity contribution in [2.75, 3.05) is 19.6 Å². The molecule has 0 aromatic heterocycles. The van der Waals surface area contributed by atoms with E-state index in [1.165, 1.54) is 25.7 Å². The van der Waals surface area contributed by atoms with Gasteiger partial charge >= 0.3 is 0 Å². The Labute approximate surface area is 92.0 Å². The Balaban J connectivity index is 1.65. The Morgan fingerprint density at radius 2 is 2.00 bits per heavy atom. The molecule has 0 aromatic carbocycles. The number of nitrogens with one attached hydrogen (secondary N) is 2. The summed E-state index contributed by atoms with van der Waals surface area (Å²) in [6.07, 6.45) is 7.21. The number of hydrogen-bond donors (Lipinski definition) is 2. The van der Waals surface area contributed by atoms with Gasteiger partial charge in [-0.1, -0.05) is 12.8 Å². The van der Waals surface area contributed by atoms with E-state index in [1.807, 2.05) is 0 Å². The van der Waals surface area contributed by atoms with E-state index < -0.39 is 0 Å². The lowest BCUT2D eigenvalue weighted by atomic mass is 9.99. The lowest BCUT2D eigenvalue weighted by Gasteiger charge is -2.23. The molecular formula is C12H22N2O. The van der Waals surface area contributed by atoms with Crippen LogP contribution in [0.15, 0.2) is 0 Å². The Morgan fingerprint density at radius 3 is 2.67 bits per heavy atom. The predicted octanol–water partition coefficient (Wildman–Crippen LogP) is 1.29. The summed E-state index contributed by atoms with van der Waals surface area (Å²) >= 11 is 0. The Bertz CT molecular complexity index is 206. The van der Waals surface area contributed by atoms with E-state index >= 15 is 0 Å². The van der Waals surface area contributed by atoms with Crippen LogP contribution in [0.25, 0.3) is 0 Å². The van der Waals surface area contributed by atoms with Crippen LogP contribution in [0.1, 0.15) is 38.5 Å². The van der Waals surface area contributed by atoms with Crippen LogP contribution in [0.2, 0.25) is 0 Å². The van der Waals surface area contributed by atoms with Crippen LogP contribution in [-0.4, -0.2) is 25.5 Å². The smallest absolute Gasteiger partial charge is 0.223 e. The molecule has 2 N–H and O–H groups in total. The Hall–Kier alpha value is -0.570. The summed E-state index contributed by atoms with van der Waals surface area (Å²) in [4.78, 5) is 11.8. The number of carbonyl (C=O) groups excluding carboxylic acids is 1. The van der Waals surface area contributed by atoms with Gasteiger partial charge in [0, 0.05) is 12.5 Å². The van der Waals surface area contributed by atoms with Crippen molar-refractivity contribution >= 4 is 5.91 Å². The molecule has 1 atom stereocenters. The fraction of sp³-hybridized carbons (Fsp3) is 0.917. The van der Waals surface area contributed by atoms with Crippen LogP contribution in [0.4, 0.5) is 0 Å². The van der Waals surface area contributed by atoms with E-state index in [-0.39, 0.29) is 0 Å². The zero-order valence-corrected chi connectivity index (χ0v) is 9.43. The highest BCUT2D eigenvalue weighted by Crippen LogP contribution is 2.24. The van der Waals surface area contributed by atoms with Crippen LogP contribution in [-0.2, 0) is 4.79 Å². The molecule has 2 fully saturated rings. The Kier molecular flexibility index (Phi) is 4.01. The molecule has 2 aliphatic rings. The SMILES string of the molecule is O=C(NC[C@H]1CCCNC1)C1CCCC1. The van der Waals surface area contributed by atoms with E-state index in [0.717, 1.165) is 32.5 Å². The van der Waals surface area contributed by atoms with E-state index in [4.69, 9.17) is 0 Å². The van der Waals surface area contributed by atoms with Crippen molar-refractivity contribution in [3.8, 4) is 0 Å². The van der Waals surface area contributed by atoms with Crippen LogP contribution in [0, 0.1) is 11.8 Å². The van der Waals surface area contributed by atoms with E-state index in [0.29, 0.717) is 17.7 Å². The van der Waals surface area contributed by atoms with Crippen molar-refractivity contribution in [2.24, 2.45) is 11.8 Å². The number of rotatable bonds is 3. The molecule has 3 nitrogen and oxygen atoms in total. The second-order valence-corrected chi connectivity index (χ2v) is 4.94. The highest BCUT2D eigenvalue weighted by Gasteiger charge is 2.23. The van der Waals surface area contributed by atoms with Crippen LogP contribution >= 0.6 is 0 Å². The molecule has 1 amide bonds. The standard InChI is InChI=1S/C12H22N2O/c15-12(11-5-1-2-6-11)14-9-10-4-3-7-13-8-10/h10-11,13H,1-9H2,(H,14,15)/t10-/m0/s1. The maximum Gasteiger partial charge on any atom is 0.223 e. The molecule has 1 saturated heterocycles. The van der Waals surface area contributed by atoms with Gasteiger partial charge in [-0.2, -0.15) is 0 Å². The number of hydrogen-bond acceptors (Lipinski definition) is 2. The van der Waals surface area contributed by atoms with Crippen molar-refractivity contribution in [1.29, 1.82) is 0 Å². The zero-order chi connectivity index (χ0) is 10.5. The first-order valence-electron chi connectivity index (χ1n) is 6.34. The zero-order valence-electron chi connectivity index (χ0n) is 9.43. The van der Waals surface area contributed by atoms with Crippen LogP contribution in [0.5, 0.6) is 0 Å². The minimum Gasteiger partial charge on any atom is -0.356 e. The lowest BCUT2D eigenvalue weighted by molar-refractivity contribution is -0.125. The van der Waals surface area contributed by atoms with Gasteiger partial charge in [0.05, 0.1) is 0 Å². The first-order valence-corrected chi connectivity index (χ1v) is 6.34. The van der Waals surface area contributed by atoms with Gasteiger partial charge in [-0.25, -0.2) is 0 Å². The summed E-state index contributed by atoms with van der Waals surface area (Å²) in [5.41, 5.74) is 0. The second kappa shape index (κ2) is 5.50. The molecule has 86 valence electrons. The van der Waals surface area contributed by atoms with Crippen molar-refractivity contribution < 1.29 is 4.79 Å². The minimum atomic E-state index is 0.304. The fourth-order valence-electron chi connectivity index (χ4n) is 2.68. The third-order valence-corrected chi connectivity index (χ3v) is 3.69. The molecule has 0 aromatic rings. The number of piperidine rings is 1. The molecule has 3 heteroatoms. The monoisotopic (exact) mass is 210 g/mol. The topological polar surface area (TPSA) is 41.1 Å². The molecular weight excluding hydrogens is 188 g/mol. The fourth-order valence-corrected chi connectivity index (χ4v) is 2.68. The van der Waals surface area contributed by atoms with Gasteiger partial charge in [0.1, 0.15) is 0 Å². The van der Waals surface area contributed by atoms with Gasteiger partial charge in [0.2, 0.25) is 5.91 Å². The first kappa shape index (κ1) is 10.9. The van der Waals surface area contributed by atoms with Crippen molar-refractivity contribution in [1.82, 2.24) is 10.6 Å². The van der Waals surface area contributed by atoms with Crippen molar-refractivity contribution in [3.05, 3.63) is 0 Å². The summed E-state index contributed by atoms with van der Waals surface area (Å²) in [5.74, 6) is 1.28. The van der Waals surface area contributed by atoms with Gasteiger partial charge in [0.15, 0.2) is 0 Å². The molecule has 1 aliphatic heterocycles. The van der Waals surface area contributed by atoms with Crippen molar-refractivity contribution in [3.63, 3.8) is 0 Å². The normalized spacial score (nSPS) is 27.9. The maximum atomic E-state index is 11.8. The second-order valence-electron chi connectivity index (χ2n) is 4.94. The summed E-state index contributed by atoms with van der Waals surface area (Å²) in [6, 6.07) is 0. The van der Waals surface area contributed by atoms with E-state index in [1.54, 1.807) is 0 Å². The summed E-state index contributed by atoms with van der Waals surface area (Å²) < 4.78 is 0. The van der Waals surface area contributed by atoms with Gasteiger partial charge in [-0.15, -0.1) is 0 Å². The Morgan fingerprint density at radius 1 is 1.20 bits per heavy atom. The molecule has 1 aliphatic carbocycles. The van der Waals surface area contributed by atoms with Gasteiger partial charge in [-0.3, -0.25) is 4.79 Å². The van der Waals surface area contributed by atoms with Gasteiger partial charge < -0.3 is 10.6 Å². The van der Waals surface area contributed by atoms with E-state index in [9.17, 15) is 4.79 Å². The summed E-state index contributed by atoms with van der Waals surface area (Å²) in [7, 11) is 0. The third-order valence-electron chi connectivity index (χ3n) is 3.69. The first-order chi connectivity index (χ1) is 7.36. The molecule has 0 bridgehead atoms. The molecule has 15 heavy (non-hydrogen) atoms. The number of amides is 1. The molecule has 0 spiro atoms. The van der Waals surface area contributed by atoms with Crippen LogP contribution < -0.4 is 10.6 Å². The molecule has 0 radical (unpaired) electrons. The molecule has 0 unspecified atom stereocenters. The minimum absolute atomic E-state index is 0.304. The van der Waals surface area contributed by atoms with Crippen LogP contribution in [0.3, 0.4) is 0 Å². The predicted molar refractivity (Wildman–Crippen MR) is 60.6 cm³/mol. The quantitative estimate of drug-likeness (QED) is 0.737. The highest BCUT2D eigenvalue weighted by molar-refractivity contribution is 5.78. The maximum absolute atomic E-state index is 11.8. The third kappa shape index (κ3) is 3.20. The van der Waals surface area contributed by atoms with Gasteiger partial charge in [-0.05, 0) is 44.7 Å². The largest absolute Gasteiger partial charge is 0.356 e. The van der Waals surface area contributed by atoms with E-state index in [2.05, 4.69) is 10.6 Å². The lowest BCUT2D eigenvalue weighted by Crippen LogP contribution is -2.39. The summed E-state index contributed by atoms with van der Waals surface area (Å²) in [6.45, 7) is 3.10. The van der Waals surface area contributed by atoms with Crippen molar-refractivity contribution in [2.45, 2.75) is 38.5 Å². The number of carbonyl (C=O) groups is 1. The summed E-state index contributed by atoms with van der Waals surface area (Å²) in [5, 5.41) is 6.49. The molecule has 1 saturated carbocycles. The highest BCUT2D eigenvalue weighted by atomic mass is 16.1. The molecule has 1 heterocycles. The average Bonchev–Trinajstić information content (AvgIpc) is 2.81. The average molecular weight is 210 g/mol.